The first kappa shape index (κ1) is 17.7. The number of halogens is 1. The number of benzene rings is 1. The summed E-state index contributed by atoms with van der Waals surface area (Å²) >= 11 is 5.96. The second-order valence-corrected chi connectivity index (χ2v) is 7.21. The molecule has 2 saturated heterocycles. The molecule has 24 heavy (non-hydrogen) atoms. The highest BCUT2D eigenvalue weighted by atomic mass is 35.5. The quantitative estimate of drug-likeness (QED) is 0.814. The van der Waals surface area contributed by atoms with E-state index in [-0.39, 0.29) is 5.91 Å². The second kappa shape index (κ2) is 7.40. The summed E-state index contributed by atoms with van der Waals surface area (Å²) in [5.74, 6) is 0.204. The van der Waals surface area contributed by atoms with Crippen LogP contribution in [0.3, 0.4) is 0 Å². The Morgan fingerprint density at radius 2 is 1.79 bits per heavy atom. The predicted molar refractivity (Wildman–Crippen MR) is 96.7 cm³/mol. The number of carbonyl (C=O) groups is 1. The number of hydrogen-bond acceptors (Lipinski definition) is 4. The molecule has 1 aromatic carbocycles. The third-order valence-electron chi connectivity index (χ3n) is 5.35. The van der Waals surface area contributed by atoms with E-state index in [0.29, 0.717) is 5.02 Å². The molecule has 1 aromatic rings. The van der Waals surface area contributed by atoms with E-state index in [0.717, 1.165) is 58.0 Å². The molecule has 0 N–H and O–H groups in total. The third kappa shape index (κ3) is 3.45. The Hall–Kier alpha value is -1.14. The minimum atomic E-state index is -0.396. The summed E-state index contributed by atoms with van der Waals surface area (Å²) in [5, 5.41) is 0.695. The van der Waals surface area contributed by atoms with Crippen LogP contribution in [0.4, 0.5) is 5.69 Å². The molecule has 5 nitrogen and oxygen atoms in total. The summed E-state index contributed by atoms with van der Waals surface area (Å²) in [5.41, 5.74) is 0.541. The van der Waals surface area contributed by atoms with E-state index in [1.165, 1.54) is 0 Å². The summed E-state index contributed by atoms with van der Waals surface area (Å²) in [6.07, 6.45) is 0.868. The maximum Gasteiger partial charge on any atom is 0.247 e. The molecule has 3 rings (SSSR count). The van der Waals surface area contributed by atoms with E-state index in [1.54, 1.807) is 7.11 Å². The van der Waals surface area contributed by atoms with Crippen molar-refractivity contribution in [2.24, 2.45) is 0 Å². The first-order valence-corrected chi connectivity index (χ1v) is 8.96. The average Bonchev–Trinajstić information content (AvgIpc) is 2.91. The van der Waals surface area contributed by atoms with Crippen LogP contribution in [-0.4, -0.2) is 74.2 Å². The van der Waals surface area contributed by atoms with Gasteiger partial charge < -0.3 is 9.64 Å². The minimum absolute atomic E-state index is 0.204. The molecule has 2 aliphatic heterocycles. The summed E-state index contributed by atoms with van der Waals surface area (Å²) in [6.45, 7) is 8.44. The van der Waals surface area contributed by atoms with Gasteiger partial charge >= 0.3 is 0 Å². The highest BCUT2D eigenvalue weighted by Crippen LogP contribution is 2.33. The van der Waals surface area contributed by atoms with Crippen LogP contribution in [0, 0.1) is 0 Å². The Morgan fingerprint density at radius 3 is 2.42 bits per heavy atom. The summed E-state index contributed by atoms with van der Waals surface area (Å²) < 4.78 is 5.15. The van der Waals surface area contributed by atoms with E-state index in [1.807, 2.05) is 29.2 Å². The number of rotatable bonds is 5. The summed E-state index contributed by atoms with van der Waals surface area (Å²) in [7, 11) is 1.74. The maximum absolute atomic E-state index is 13.1. The van der Waals surface area contributed by atoms with Gasteiger partial charge in [0, 0.05) is 57.1 Å². The number of piperazine rings is 1. The van der Waals surface area contributed by atoms with Crippen LogP contribution in [0.2, 0.25) is 5.02 Å². The molecular weight excluding hydrogens is 326 g/mol. The zero-order valence-electron chi connectivity index (χ0n) is 14.5. The normalized spacial score (nSPS) is 26.3. The first-order valence-electron chi connectivity index (χ1n) is 8.58. The second-order valence-electron chi connectivity index (χ2n) is 6.78. The molecule has 0 bridgehead atoms. The smallest absolute Gasteiger partial charge is 0.247 e. The number of carbonyl (C=O) groups excluding carboxylic acids is 1. The topological polar surface area (TPSA) is 36.0 Å². The number of anilines is 1. The Morgan fingerprint density at radius 1 is 1.12 bits per heavy atom. The molecular formula is C18H26ClN3O2. The van der Waals surface area contributed by atoms with E-state index < -0.39 is 5.54 Å². The van der Waals surface area contributed by atoms with Gasteiger partial charge in [-0.15, -0.1) is 0 Å². The van der Waals surface area contributed by atoms with Gasteiger partial charge in [0.1, 0.15) is 0 Å². The summed E-state index contributed by atoms with van der Waals surface area (Å²) in [4.78, 5) is 19.7. The number of hydrogen-bond donors (Lipinski definition) is 0. The van der Waals surface area contributed by atoms with Crippen LogP contribution in [0.25, 0.3) is 0 Å². The van der Waals surface area contributed by atoms with Gasteiger partial charge in [-0.05, 0) is 37.6 Å². The SMILES string of the molecule is COCCN1CCN(C2(C)CCN(c3ccc(Cl)cc3)C2=O)CC1. The van der Waals surface area contributed by atoms with Gasteiger partial charge in [-0.2, -0.15) is 0 Å². The Bertz CT molecular complexity index is 572. The predicted octanol–water partition coefficient (Wildman–Crippen LogP) is 2.10. The lowest BCUT2D eigenvalue weighted by Crippen LogP contribution is -2.59. The van der Waals surface area contributed by atoms with Crippen LogP contribution in [-0.2, 0) is 9.53 Å². The molecule has 0 radical (unpaired) electrons. The van der Waals surface area contributed by atoms with Gasteiger partial charge in [0.25, 0.3) is 0 Å². The molecule has 6 heteroatoms. The first-order chi connectivity index (χ1) is 11.5. The van der Waals surface area contributed by atoms with Crippen molar-refractivity contribution in [3.05, 3.63) is 29.3 Å². The van der Waals surface area contributed by atoms with Gasteiger partial charge in [-0.1, -0.05) is 11.6 Å². The molecule has 132 valence electrons. The number of methoxy groups -OCH3 is 1. The zero-order chi connectivity index (χ0) is 17.2. The van der Waals surface area contributed by atoms with Gasteiger partial charge in [0.15, 0.2) is 0 Å². The van der Waals surface area contributed by atoms with Crippen molar-refractivity contribution in [3.63, 3.8) is 0 Å². The van der Waals surface area contributed by atoms with Gasteiger partial charge in [0.2, 0.25) is 5.91 Å². The molecule has 2 heterocycles. The standard InChI is InChI=1S/C18H26ClN3O2/c1-18(21-11-9-20(10-12-21)13-14-24-2)7-8-22(17(18)23)16-5-3-15(19)4-6-16/h3-6H,7-14H2,1-2H3. The van der Waals surface area contributed by atoms with Crippen molar-refractivity contribution < 1.29 is 9.53 Å². The third-order valence-corrected chi connectivity index (χ3v) is 5.60. The number of amides is 1. The van der Waals surface area contributed by atoms with Crippen LogP contribution in [0.5, 0.6) is 0 Å². The Balaban J connectivity index is 1.64. The molecule has 0 aliphatic carbocycles. The lowest BCUT2D eigenvalue weighted by Gasteiger charge is -2.42. The monoisotopic (exact) mass is 351 g/mol. The fraction of sp³-hybridized carbons (Fsp3) is 0.611. The van der Waals surface area contributed by atoms with Crippen LogP contribution < -0.4 is 4.90 Å². The molecule has 1 unspecified atom stereocenters. The highest BCUT2D eigenvalue weighted by molar-refractivity contribution is 6.30. The molecule has 0 saturated carbocycles. The maximum atomic E-state index is 13.1. The fourth-order valence-electron chi connectivity index (χ4n) is 3.67. The highest BCUT2D eigenvalue weighted by Gasteiger charge is 2.48. The number of nitrogens with zero attached hydrogens (tertiary/aromatic N) is 3. The van der Waals surface area contributed by atoms with Crippen LogP contribution in [0.15, 0.2) is 24.3 Å². The largest absolute Gasteiger partial charge is 0.383 e. The Kier molecular flexibility index (Phi) is 5.45. The molecule has 2 aliphatic rings. The lowest BCUT2D eigenvalue weighted by molar-refractivity contribution is -0.128. The van der Waals surface area contributed by atoms with Crippen LogP contribution in [0.1, 0.15) is 13.3 Å². The fourth-order valence-corrected chi connectivity index (χ4v) is 3.80. The van der Waals surface area contributed by atoms with Crippen molar-refractivity contribution in [3.8, 4) is 0 Å². The average molecular weight is 352 g/mol. The lowest BCUT2D eigenvalue weighted by atomic mass is 9.97. The molecule has 1 amide bonds. The van der Waals surface area contributed by atoms with Crippen LogP contribution >= 0.6 is 11.6 Å². The van der Waals surface area contributed by atoms with E-state index >= 15 is 0 Å². The van der Waals surface area contributed by atoms with Crippen molar-refractivity contribution in [1.29, 1.82) is 0 Å². The van der Waals surface area contributed by atoms with Gasteiger partial charge in [-0.3, -0.25) is 14.6 Å². The van der Waals surface area contributed by atoms with Crippen molar-refractivity contribution in [2.75, 3.05) is 57.9 Å². The zero-order valence-corrected chi connectivity index (χ0v) is 15.3. The van der Waals surface area contributed by atoms with Gasteiger partial charge in [-0.25, -0.2) is 0 Å². The molecule has 0 spiro atoms. The van der Waals surface area contributed by atoms with Crippen molar-refractivity contribution >= 4 is 23.2 Å². The molecule has 2 fully saturated rings. The summed E-state index contributed by atoms with van der Waals surface area (Å²) in [6, 6.07) is 7.53. The van der Waals surface area contributed by atoms with Crippen molar-refractivity contribution in [1.82, 2.24) is 9.80 Å². The van der Waals surface area contributed by atoms with E-state index in [4.69, 9.17) is 16.3 Å². The minimum Gasteiger partial charge on any atom is -0.383 e. The molecule has 1 atom stereocenters. The number of ether oxygens (including phenoxy) is 1. The van der Waals surface area contributed by atoms with Crippen molar-refractivity contribution in [2.45, 2.75) is 18.9 Å². The van der Waals surface area contributed by atoms with E-state index in [9.17, 15) is 4.79 Å². The Labute approximate surface area is 149 Å². The van der Waals surface area contributed by atoms with E-state index in [2.05, 4.69) is 16.7 Å². The van der Waals surface area contributed by atoms with Gasteiger partial charge in [0.05, 0.1) is 12.1 Å². The molecule has 0 aromatic heterocycles.